The molecule has 3 aromatic rings. The molecule has 0 bridgehead atoms. The summed E-state index contributed by atoms with van der Waals surface area (Å²) in [5.74, 6) is 1.42. The Balaban J connectivity index is 1.53. The van der Waals surface area contributed by atoms with Crippen molar-refractivity contribution in [1.29, 1.82) is 0 Å². The molecule has 3 aromatic carbocycles. The topological polar surface area (TPSA) is 52.4 Å². The first-order chi connectivity index (χ1) is 14.6. The van der Waals surface area contributed by atoms with E-state index in [0.29, 0.717) is 10.9 Å². The molecule has 1 saturated carbocycles. The predicted molar refractivity (Wildman–Crippen MR) is 120 cm³/mol. The van der Waals surface area contributed by atoms with Crippen LogP contribution in [-0.2, 0) is 6.61 Å². The van der Waals surface area contributed by atoms with Crippen LogP contribution in [0.5, 0.6) is 5.75 Å². The van der Waals surface area contributed by atoms with Crippen LogP contribution in [0.4, 0.5) is 5.69 Å². The van der Waals surface area contributed by atoms with E-state index in [0.717, 1.165) is 22.4 Å². The molecule has 0 heterocycles. The molecule has 1 fully saturated rings. The molecule has 5 heteroatoms. The Morgan fingerprint density at radius 3 is 2.30 bits per heavy atom. The van der Waals surface area contributed by atoms with Crippen molar-refractivity contribution in [2.24, 2.45) is 0 Å². The van der Waals surface area contributed by atoms with Gasteiger partial charge in [0.2, 0.25) is 0 Å². The van der Waals surface area contributed by atoms with Crippen molar-refractivity contribution >= 4 is 17.3 Å². The molecule has 4 rings (SSSR count). The molecule has 0 saturated heterocycles. The van der Waals surface area contributed by atoms with E-state index in [4.69, 9.17) is 16.3 Å². The summed E-state index contributed by atoms with van der Waals surface area (Å²) in [4.78, 5) is 10.9. The maximum absolute atomic E-state index is 11.3. The summed E-state index contributed by atoms with van der Waals surface area (Å²) in [7, 11) is 0. The van der Waals surface area contributed by atoms with Gasteiger partial charge in [-0.2, -0.15) is 0 Å². The van der Waals surface area contributed by atoms with E-state index in [1.807, 2.05) is 36.4 Å². The van der Waals surface area contributed by atoms with Crippen LogP contribution in [0.1, 0.15) is 49.1 Å². The Bertz CT molecular complexity index is 1010. The van der Waals surface area contributed by atoms with Crippen LogP contribution in [0, 0.1) is 10.1 Å². The minimum atomic E-state index is -0.381. The summed E-state index contributed by atoms with van der Waals surface area (Å²) in [6.45, 7) is 0.252. The lowest BCUT2D eigenvalue weighted by molar-refractivity contribution is -0.384. The van der Waals surface area contributed by atoms with Gasteiger partial charge >= 0.3 is 0 Å². The van der Waals surface area contributed by atoms with Gasteiger partial charge in [-0.3, -0.25) is 10.1 Å². The second kappa shape index (κ2) is 9.31. The van der Waals surface area contributed by atoms with Crippen LogP contribution in [0.15, 0.2) is 66.7 Å². The van der Waals surface area contributed by atoms with Crippen molar-refractivity contribution in [3.8, 4) is 16.9 Å². The van der Waals surface area contributed by atoms with Crippen LogP contribution in [0.3, 0.4) is 0 Å². The number of nitro groups is 1. The van der Waals surface area contributed by atoms with Gasteiger partial charge in [0.15, 0.2) is 0 Å². The van der Waals surface area contributed by atoms with Crippen molar-refractivity contribution in [1.82, 2.24) is 0 Å². The molecular weight excluding hydrogens is 398 g/mol. The van der Waals surface area contributed by atoms with Gasteiger partial charge in [-0.15, -0.1) is 0 Å². The molecule has 0 N–H and O–H groups in total. The fraction of sp³-hybridized carbons (Fsp3) is 0.280. The highest BCUT2D eigenvalue weighted by Gasteiger charge is 2.16. The predicted octanol–water partition coefficient (Wildman–Crippen LogP) is 7.54. The van der Waals surface area contributed by atoms with Crippen molar-refractivity contribution < 1.29 is 9.66 Å². The number of nitro benzene ring substituents is 1. The van der Waals surface area contributed by atoms with Crippen LogP contribution in [0.2, 0.25) is 5.02 Å². The number of hydrogen-bond donors (Lipinski definition) is 0. The molecule has 154 valence electrons. The van der Waals surface area contributed by atoms with Crippen LogP contribution in [0.25, 0.3) is 11.1 Å². The van der Waals surface area contributed by atoms with Gasteiger partial charge in [-0.25, -0.2) is 0 Å². The van der Waals surface area contributed by atoms with Gasteiger partial charge in [-0.05, 0) is 65.8 Å². The lowest BCUT2D eigenvalue weighted by atomic mass is 9.84. The van der Waals surface area contributed by atoms with Crippen molar-refractivity contribution in [2.75, 3.05) is 0 Å². The maximum Gasteiger partial charge on any atom is 0.269 e. The molecule has 4 nitrogen and oxygen atoms in total. The highest BCUT2D eigenvalue weighted by atomic mass is 35.5. The summed E-state index contributed by atoms with van der Waals surface area (Å²) in [5, 5.41) is 11.9. The van der Waals surface area contributed by atoms with Crippen molar-refractivity contribution in [2.45, 2.75) is 44.6 Å². The molecule has 30 heavy (non-hydrogen) atoms. The highest BCUT2D eigenvalue weighted by Crippen LogP contribution is 2.34. The third-order valence-electron chi connectivity index (χ3n) is 5.81. The largest absolute Gasteiger partial charge is 0.489 e. The Labute approximate surface area is 181 Å². The number of non-ortho nitro benzene ring substituents is 1. The average molecular weight is 422 g/mol. The number of hydrogen-bond acceptors (Lipinski definition) is 3. The third-order valence-corrected chi connectivity index (χ3v) is 6.06. The van der Waals surface area contributed by atoms with Crippen molar-refractivity contribution in [3.05, 3.63) is 93.0 Å². The quantitative estimate of drug-likeness (QED) is 0.305. The minimum absolute atomic E-state index is 0.0546. The molecule has 1 aliphatic rings. The van der Waals surface area contributed by atoms with E-state index in [2.05, 4.69) is 12.1 Å². The van der Waals surface area contributed by atoms with E-state index in [-0.39, 0.29) is 17.2 Å². The summed E-state index contributed by atoms with van der Waals surface area (Å²) < 4.78 is 6.01. The zero-order valence-electron chi connectivity index (χ0n) is 16.7. The molecular formula is C25H24ClNO3. The second-order valence-corrected chi connectivity index (χ2v) is 8.23. The Kier molecular flexibility index (Phi) is 6.34. The van der Waals surface area contributed by atoms with Crippen LogP contribution in [-0.4, -0.2) is 4.92 Å². The summed E-state index contributed by atoms with van der Waals surface area (Å²) in [5.41, 5.74) is 4.04. The lowest BCUT2D eigenvalue weighted by Gasteiger charge is -2.22. The molecule has 1 aliphatic carbocycles. The number of ether oxygens (including phenoxy) is 1. The SMILES string of the molecule is O=[N+]([O-])c1ccc(-c2ccc(Cl)cc2)c(COc2ccc(C3CCCCC3)cc2)c1. The van der Waals surface area contributed by atoms with Gasteiger partial charge in [0, 0.05) is 22.7 Å². The Morgan fingerprint density at radius 2 is 1.63 bits per heavy atom. The summed E-state index contributed by atoms with van der Waals surface area (Å²) in [6.07, 6.45) is 6.49. The zero-order chi connectivity index (χ0) is 20.9. The average Bonchev–Trinajstić information content (AvgIpc) is 2.79. The molecule has 0 spiro atoms. The Morgan fingerprint density at radius 1 is 0.933 bits per heavy atom. The van der Waals surface area contributed by atoms with Crippen LogP contribution >= 0.6 is 11.6 Å². The first-order valence-electron chi connectivity index (χ1n) is 10.4. The highest BCUT2D eigenvalue weighted by molar-refractivity contribution is 6.30. The monoisotopic (exact) mass is 421 g/mol. The lowest BCUT2D eigenvalue weighted by Crippen LogP contribution is -2.04. The maximum atomic E-state index is 11.3. The molecule has 0 unspecified atom stereocenters. The fourth-order valence-corrected chi connectivity index (χ4v) is 4.28. The summed E-state index contributed by atoms with van der Waals surface area (Å²) >= 11 is 6.00. The number of nitrogens with zero attached hydrogens (tertiary/aromatic N) is 1. The normalized spacial score (nSPS) is 14.4. The fourth-order valence-electron chi connectivity index (χ4n) is 4.16. The molecule has 0 aromatic heterocycles. The number of benzene rings is 3. The summed E-state index contributed by atoms with van der Waals surface area (Å²) in [6, 6.07) is 20.6. The Hall–Kier alpha value is -2.85. The van der Waals surface area contributed by atoms with E-state index in [1.165, 1.54) is 43.7 Å². The van der Waals surface area contributed by atoms with E-state index >= 15 is 0 Å². The van der Waals surface area contributed by atoms with E-state index in [9.17, 15) is 10.1 Å². The molecule has 0 atom stereocenters. The van der Waals surface area contributed by atoms with E-state index < -0.39 is 0 Å². The number of rotatable bonds is 6. The zero-order valence-corrected chi connectivity index (χ0v) is 17.5. The molecule has 0 aliphatic heterocycles. The van der Waals surface area contributed by atoms with Gasteiger partial charge in [0.25, 0.3) is 5.69 Å². The number of halogens is 1. The third kappa shape index (κ3) is 4.82. The molecule has 0 radical (unpaired) electrons. The van der Waals surface area contributed by atoms with Crippen molar-refractivity contribution in [3.63, 3.8) is 0 Å². The first-order valence-corrected chi connectivity index (χ1v) is 10.7. The smallest absolute Gasteiger partial charge is 0.269 e. The van der Waals surface area contributed by atoms with Gasteiger partial charge < -0.3 is 4.74 Å². The first kappa shape index (κ1) is 20.4. The van der Waals surface area contributed by atoms with Gasteiger partial charge in [0.1, 0.15) is 12.4 Å². The molecule has 0 amide bonds. The standard InChI is InChI=1S/C25H24ClNO3/c26-22-10-6-20(7-11-22)25-15-12-23(27(28)29)16-21(25)17-30-24-13-8-19(9-14-24)18-4-2-1-3-5-18/h6-16,18H,1-5,17H2. The van der Waals surface area contributed by atoms with Crippen LogP contribution < -0.4 is 4.74 Å². The van der Waals surface area contributed by atoms with E-state index in [1.54, 1.807) is 12.1 Å². The van der Waals surface area contributed by atoms with Gasteiger partial charge in [-0.1, -0.05) is 55.1 Å². The van der Waals surface area contributed by atoms with Gasteiger partial charge in [0.05, 0.1) is 4.92 Å². The minimum Gasteiger partial charge on any atom is -0.489 e. The second-order valence-electron chi connectivity index (χ2n) is 7.80.